The smallest absolute Gasteiger partial charge is 0.0745 e. The van der Waals surface area contributed by atoms with Gasteiger partial charge in [-0.15, -0.1) is 0 Å². The van der Waals surface area contributed by atoms with Crippen LogP contribution in [0.4, 0.5) is 0 Å². The molecule has 0 aliphatic heterocycles. The molecule has 0 fully saturated rings. The zero-order valence-corrected chi connectivity index (χ0v) is 20.4. The molecule has 1 atom stereocenters. The van der Waals surface area contributed by atoms with E-state index in [4.69, 9.17) is 0 Å². The van der Waals surface area contributed by atoms with E-state index in [1.807, 2.05) is 0 Å². The summed E-state index contributed by atoms with van der Waals surface area (Å²) in [5.41, 5.74) is 6.00. The maximum absolute atomic E-state index is 2.57. The Hall–Kier alpha value is -2.47. The SMILES string of the molecule is CC1=Cc2ccccc2C1C1=C([Si](C)C)CC=C1P(c1ccccc1)c1ccccc1. The van der Waals surface area contributed by atoms with Gasteiger partial charge in [0, 0.05) is 5.92 Å². The molecule has 153 valence electrons. The first-order valence-corrected chi connectivity index (χ1v) is 14.9. The molecule has 0 N–H and O–H groups in total. The van der Waals surface area contributed by atoms with Gasteiger partial charge in [0.05, 0.1) is 8.80 Å². The van der Waals surface area contributed by atoms with E-state index in [9.17, 15) is 0 Å². The van der Waals surface area contributed by atoms with Crippen molar-refractivity contribution >= 4 is 33.4 Å². The molecule has 0 bridgehead atoms. The van der Waals surface area contributed by atoms with Crippen molar-refractivity contribution in [2.75, 3.05) is 0 Å². The van der Waals surface area contributed by atoms with Crippen LogP contribution in [-0.2, 0) is 0 Å². The molecule has 1 unspecified atom stereocenters. The van der Waals surface area contributed by atoms with Gasteiger partial charge in [-0.1, -0.05) is 121 Å². The quantitative estimate of drug-likeness (QED) is 0.294. The highest BCUT2D eigenvalue weighted by Crippen LogP contribution is 2.57. The van der Waals surface area contributed by atoms with E-state index < -0.39 is 16.7 Å². The van der Waals surface area contributed by atoms with E-state index in [1.165, 1.54) is 27.3 Å². The van der Waals surface area contributed by atoms with Gasteiger partial charge in [-0.3, -0.25) is 0 Å². The molecule has 0 nitrogen and oxygen atoms in total. The van der Waals surface area contributed by atoms with Crippen LogP contribution in [0.5, 0.6) is 0 Å². The van der Waals surface area contributed by atoms with Crippen LogP contribution in [0.3, 0.4) is 0 Å². The van der Waals surface area contributed by atoms with Crippen molar-refractivity contribution < 1.29 is 0 Å². The summed E-state index contributed by atoms with van der Waals surface area (Å²) < 4.78 is 0. The van der Waals surface area contributed by atoms with Crippen molar-refractivity contribution in [2.24, 2.45) is 0 Å². The second-order valence-electron chi connectivity index (χ2n) is 8.64. The Labute approximate surface area is 189 Å². The largest absolute Gasteiger partial charge is 0.0747 e. The fourth-order valence-corrected chi connectivity index (χ4v) is 9.03. The summed E-state index contributed by atoms with van der Waals surface area (Å²) in [5.74, 6) is 0.400. The minimum atomic E-state index is -0.575. The number of hydrogen-bond donors (Lipinski definition) is 0. The summed E-state index contributed by atoms with van der Waals surface area (Å²) in [4.78, 5) is 0. The molecule has 0 saturated heterocycles. The lowest BCUT2D eigenvalue weighted by atomic mass is 9.89. The topological polar surface area (TPSA) is 0 Å². The van der Waals surface area contributed by atoms with Crippen molar-refractivity contribution in [3.05, 3.63) is 124 Å². The highest BCUT2D eigenvalue weighted by Gasteiger charge is 2.36. The summed E-state index contributed by atoms with van der Waals surface area (Å²) in [7, 11) is -1.11. The number of fused-ring (bicyclic) bond motifs is 1. The second kappa shape index (κ2) is 8.58. The Kier molecular flexibility index (Phi) is 5.65. The van der Waals surface area contributed by atoms with E-state index in [1.54, 1.807) is 16.1 Å². The second-order valence-corrected chi connectivity index (χ2v) is 13.4. The maximum Gasteiger partial charge on any atom is 0.0745 e. The number of rotatable bonds is 5. The molecule has 0 heterocycles. The van der Waals surface area contributed by atoms with E-state index in [2.05, 4.69) is 117 Å². The standard InChI is InChI=1S/C29H28PSi/c1-21-20-22-12-10-11-17-25(22)28(21)29-26(18-19-27(29)31(2)3)30(23-13-6-4-7-14-23)24-15-8-5-9-16-24/h4-18,20,28H,19H2,1-3H3. The third kappa shape index (κ3) is 3.71. The lowest BCUT2D eigenvalue weighted by Crippen LogP contribution is -2.17. The predicted molar refractivity (Wildman–Crippen MR) is 139 cm³/mol. The normalized spacial score (nSPS) is 17.9. The molecule has 3 aromatic carbocycles. The average Bonchev–Trinajstić information content (AvgIpc) is 3.35. The molecule has 0 amide bonds. The molecule has 2 aliphatic rings. The van der Waals surface area contributed by atoms with Crippen molar-refractivity contribution in [2.45, 2.75) is 32.4 Å². The van der Waals surface area contributed by atoms with E-state index >= 15 is 0 Å². The van der Waals surface area contributed by atoms with Crippen LogP contribution in [0.2, 0.25) is 13.1 Å². The third-order valence-corrected chi connectivity index (χ3v) is 10.6. The number of hydrogen-bond acceptors (Lipinski definition) is 0. The molecule has 5 rings (SSSR count). The van der Waals surface area contributed by atoms with E-state index in [-0.39, 0.29) is 0 Å². The minimum absolute atomic E-state index is 0.400. The highest BCUT2D eigenvalue weighted by molar-refractivity contribution is 7.77. The van der Waals surface area contributed by atoms with Crippen molar-refractivity contribution in [1.82, 2.24) is 0 Å². The van der Waals surface area contributed by atoms with Gasteiger partial charge in [0.15, 0.2) is 0 Å². The zero-order valence-electron chi connectivity index (χ0n) is 18.5. The van der Waals surface area contributed by atoms with Crippen LogP contribution in [0.1, 0.15) is 30.4 Å². The zero-order chi connectivity index (χ0) is 21.4. The van der Waals surface area contributed by atoms with Gasteiger partial charge in [-0.25, -0.2) is 0 Å². The maximum atomic E-state index is 2.57. The first-order chi connectivity index (χ1) is 15.1. The lowest BCUT2D eigenvalue weighted by molar-refractivity contribution is 0.967. The molecule has 0 aromatic heterocycles. The van der Waals surface area contributed by atoms with Crippen LogP contribution in [-0.4, -0.2) is 8.80 Å². The third-order valence-electron chi connectivity index (χ3n) is 6.41. The average molecular weight is 436 g/mol. The fourth-order valence-electron chi connectivity index (χ4n) is 5.02. The van der Waals surface area contributed by atoms with Crippen LogP contribution >= 0.6 is 7.92 Å². The van der Waals surface area contributed by atoms with Crippen molar-refractivity contribution in [3.8, 4) is 0 Å². The Morgan fingerprint density at radius 3 is 1.97 bits per heavy atom. The Bertz CT molecular complexity index is 1150. The summed E-state index contributed by atoms with van der Waals surface area (Å²) in [6.07, 6.45) is 6.10. The summed E-state index contributed by atoms with van der Waals surface area (Å²) >= 11 is 0. The van der Waals surface area contributed by atoms with Crippen LogP contribution < -0.4 is 10.6 Å². The van der Waals surface area contributed by atoms with Crippen LogP contribution in [0, 0.1) is 0 Å². The van der Waals surface area contributed by atoms with E-state index in [0.29, 0.717) is 5.92 Å². The molecule has 2 aliphatic carbocycles. The van der Waals surface area contributed by atoms with Crippen LogP contribution in [0.25, 0.3) is 6.08 Å². The van der Waals surface area contributed by atoms with Crippen molar-refractivity contribution in [1.29, 1.82) is 0 Å². The first-order valence-electron chi connectivity index (χ1n) is 11.1. The fraction of sp³-hybridized carbons (Fsp3) is 0.172. The molecule has 2 heteroatoms. The molecule has 3 aromatic rings. The lowest BCUT2D eigenvalue weighted by Gasteiger charge is -2.28. The van der Waals surface area contributed by atoms with E-state index in [0.717, 1.165) is 6.42 Å². The van der Waals surface area contributed by atoms with Gasteiger partial charge in [0.25, 0.3) is 0 Å². The molecule has 0 spiro atoms. The summed E-state index contributed by atoms with van der Waals surface area (Å²) in [6, 6.07) is 31.3. The molecule has 31 heavy (non-hydrogen) atoms. The Balaban J connectivity index is 1.70. The highest BCUT2D eigenvalue weighted by atomic mass is 31.1. The summed E-state index contributed by atoms with van der Waals surface area (Å²) in [6.45, 7) is 7.25. The van der Waals surface area contributed by atoms with Gasteiger partial charge < -0.3 is 0 Å². The van der Waals surface area contributed by atoms with Crippen LogP contribution in [0.15, 0.2) is 113 Å². The molecular weight excluding hydrogens is 407 g/mol. The molecule has 1 radical (unpaired) electrons. The minimum Gasteiger partial charge on any atom is -0.0747 e. The van der Waals surface area contributed by atoms with Gasteiger partial charge in [-0.05, 0) is 53.9 Å². The first kappa shape index (κ1) is 20.4. The molecular formula is C29H28PSi. The predicted octanol–water partition coefficient (Wildman–Crippen LogP) is 7.20. The monoisotopic (exact) mass is 435 g/mol. The summed E-state index contributed by atoms with van der Waals surface area (Å²) in [5, 5.41) is 6.20. The van der Waals surface area contributed by atoms with Gasteiger partial charge in [0.1, 0.15) is 0 Å². The van der Waals surface area contributed by atoms with Gasteiger partial charge in [0.2, 0.25) is 0 Å². The van der Waals surface area contributed by atoms with Gasteiger partial charge >= 0.3 is 0 Å². The number of allylic oxidation sites excluding steroid dienone is 5. The molecule has 0 saturated carbocycles. The Morgan fingerprint density at radius 2 is 1.35 bits per heavy atom. The Morgan fingerprint density at radius 1 is 0.774 bits per heavy atom. The van der Waals surface area contributed by atoms with Crippen molar-refractivity contribution in [3.63, 3.8) is 0 Å². The number of benzene rings is 3. The van der Waals surface area contributed by atoms with Gasteiger partial charge in [-0.2, -0.15) is 0 Å².